The van der Waals surface area contributed by atoms with Gasteiger partial charge < -0.3 is 9.64 Å². The van der Waals surface area contributed by atoms with E-state index in [4.69, 9.17) is 4.74 Å². The number of esters is 1. The van der Waals surface area contributed by atoms with Gasteiger partial charge in [0.25, 0.3) is 5.56 Å². The van der Waals surface area contributed by atoms with Gasteiger partial charge in [0.05, 0.1) is 11.6 Å². The average molecular weight is 397 g/mol. The molecular weight excluding hydrogens is 378 g/mol. The standard InChI is InChI=1S/C20H19N3O4S/c1-12-3-5-16(6-4-12)22-9-14(7-17(22)24)19(26)27-10-15-8-18(25)23-13(2)11-28-20(23)21-15/h3-6,8,11,14H,7,9-10H2,1-2H3/t14-/m1/s1. The minimum Gasteiger partial charge on any atom is -0.459 e. The van der Waals surface area contributed by atoms with Gasteiger partial charge in [-0.25, -0.2) is 4.98 Å². The number of anilines is 1. The van der Waals surface area contributed by atoms with E-state index < -0.39 is 11.9 Å². The highest BCUT2D eigenvalue weighted by molar-refractivity contribution is 7.15. The summed E-state index contributed by atoms with van der Waals surface area (Å²) in [6.45, 7) is 4.02. The predicted octanol–water partition coefficient (Wildman–Crippen LogP) is 2.47. The number of aryl methyl sites for hydroxylation is 2. The third kappa shape index (κ3) is 3.43. The van der Waals surface area contributed by atoms with Crippen LogP contribution < -0.4 is 10.5 Å². The van der Waals surface area contributed by atoms with Crippen LogP contribution in [0, 0.1) is 19.8 Å². The third-order valence-corrected chi connectivity index (χ3v) is 5.74. The predicted molar refractivity (Wildman–Crippen MR) is 106 cm³/mol. The number of benzene rings is 1. The first-order valence-electron chi connectivity index (χ1n) is 8.93. The van der Waals surface area contributed by atoms with Crippen molar-refractivity contribution >= 4 is 33.9 Å². The Morgan fingerprint density at radius 1 is 1.25 bits per heavy atom. The van der Waals surface area contributed by atoms with Crippen LogP contribution in [-0.2, 0) is 20.9 Å². The van der Waals surface area contributed by atoms with E-state index >= 15 is 0 Å². The first kappa shape index (κ1) is 18.4. The van der Waals surface area contributed by atoms with Gasteiger partial charge in [-0.15, -0.1) is 11.3 Å². The lowest BCUT2D eigenvalue weighted by molar-refractivity contribution is -0.149. The molecule has 0 N–H and O–H groups in total. The fourth-order valence-electron chi connectivity index (χ4n) is 3.28. The number of aromatic nitrogens is 2. The van der Waals surface area contributed by atoms with E-state index in [2.05, 4.69) is 4.98 Å². The van der Waals surface area contributed by atoms with Crippen molar-refractivity contribution in [1.29, 1.82) is 0 Å². The molecule has 28 heavy (non-hydrogen) atoms. The maximum Gasteiger partial charge on any atom is 0.311 e. The van der Waals surface area contributed by atoms with Gasteiger partial charge in [-0.3, -0.25) is 18.8 Å². The summed E-state index contributed by atoms with van der Waals surface area (Å²) in [5.41, 5.74) is 2.91. The molecule has 4 rings (SSSR count). The van der Waals surface area contributed by atoms with Crippen LogP contribution in [0.4, 0.5) is 5.69 Å². The van der Waals surface area contributed by atoms with Gasteiger partial charge in [0.1, 0.15) is 6.61 Å². The summed E-state index contributed by atoms with van der Waals surface area (Å²) in [5.74, 6) is -1.08. The molecule has 1 fully saturated rings. The molecule has 0 bridgehead atoms. The molecule has 1 saturated heterocycles. The number of amides is 1. The zero-order valence-electron chi connectivity index (χ0n) is 15.5. The third-order valence-electron chi connectivity index (χ3n) is 4.79. The van der Waals surface area contributed by atoms with Gasteiger partial charge in [-0.1, -0.05) is 17.7 Å². The van der Waals surface area contributed by atoms with Gasteiger partial charge in [0, 0.05) is 35.8 Å². The first-order valence-corrected chi connectivity index (χ1v) is 9.81. The molecule has 2 aromatic heterocycles. The lowest BCUT2D eigenvalue weighted by Gasteiger charge is -2.16. The largest absolute Gasteiger partial charge is 0.459 e. The zero-order chi connectivity index (χ0) is 19.8. The highest BCUT2D eigenvalue weighted by Crippen LogP contribution is 2.26. The topological polar surface area (TPSA) is 81.0 Å². The number of carbonyl (C=O) groups is 2. The van der Waals surface area contributed by atoms with E-state index in [1.807, 2.05) is 43.5 Å². The SMILES string of the molecule is Cc1ccc(N2C[C@H](C(=O)OCc3cc(=O)n4c(C)csc4n3)CC2=O)cc1. The summed E-state index contributed by atoms with van der Waals surface area (Å²) in [4.78, 5) is 43.5. The molecular formula is C20H19N3O4S. The molecule has 3 aromatic rings. The molecule has 0 saturated carbocycles. The summed E-state index contributed by atoms with van der Waals surface area (Å²) < 4.78 is 6.87. The number of thiazole rings is 1. The zero-order valence-corrected chi connectivity index (χ0v) is 16.4. The number of hydrogen-bond acceptors (Lipinski definition) is 6. The van der Waals surface area contributed by atoms with Crippen LogP contribution in [0.25, 0.3) is 4.96 Å². The Labute approximate surface area is 165 Å². The van der Waals surface area contributed by atoms with E-state index in [-0.39, 0.29) is 24.5 Å². The van der Waals surface area contributed by atoms with Gasteiger partial charge in [-0.05, 0) is 26.0 Å². The average Bonchev–Trinajstić information content (AvgIpc) is 3.24. The van der Waals surface area contributed by atoms with Crippen LogP contribution in [0.15, 0.2) is 40.5 Å². The molecule has 1 aliphatic rings. The summed E-state index contributed by atoms with van der Waals surface area (Å²) >= 11 is 1.36. The van der Waals surface area contributed by atoms with Crippen molar-refractivity contribution in [2.45, 2.75) is 26.9 Å². The van der Waals surface area contributed by atoms with Crippen LogP contribution in [-0.4, -0.2) is 27.8 Å². The van der Waals surface area contributed by atoms with Gasteiger partial charge >= 0.3 is 5.97 Å². The molecule has 1 aromatic carbocycles. The van der Waals surface area contributed by atoms with Gasteiger partial charge in [0.15, 0.2) is 4.96 Å². The van der Waals surface area contributed by atoms with E-state index in [9.17, 15) is 14.4 Å². The van der Waals surface area contributed by atoms with Crippen molar-refractivity contribution in [3.63, 3.8) is 0 Å². The minimum atomic E-state index is -0.525. The van der Waals surface area contributed by atoms with Crippen LogP contribution in [0.3, 0.4) is 0 Å². The van der Waals surface area contributed by atoms with Crippen molar-refractivity contribution in [2.75, 3.05) is 11.4 Å². The maximum absolute atomic E-state index is 12.4. The highest BCUT2D eigenvalue weighted by Gasteiger charge is 2.36. The fourth-order valence-corrected chi connectivity index (χ4v) is 4.17. The Balaban J connectivity index is 1.42. The Bertz CT molecular complexity index is 1120. The Morgan fingerprint density at radius 2 is 2.00 bits per heavy atom. The summed E-state index contributed by atoms with van der Waals surface area (Å²) in [6, 6.07) is 8.98. The van der Waals surface area contributed by atoms with Crippen molar-refractivity contribution in [1.82, 2.24) is 9.38 Å². The molecule has 1 aliphatic heterocycles. The molecule has 7 nitrogen and oxygen atoms in total. The van der Waals surface area contributed by atoms with Gasteiger partial charge in [0.2, 0.25) is 5.91 Å². The Kier molecular flexibility index (Phi) is 4.72. The van der Waals surface area contributed by atoms with E-state index in [0.717, 1.165) is 16.9 Å². The van der Waals surface area contributed by atoms with E-state index in [0.29, 0.717) is 17.2 Å². The fraction of sp³-hybridized carbons (Fsp3) is 0.300. The number of fused-ring (bicyclic) bond motifs is 1. The summed E-state index contributed by atoms with van der Waals surface area (Å²) in [5, 5.41) is 1.85. The van der Waals surface area contributed by atoms with Crippen molar-refractivity contribution in [3.8, 4) is 0 Å². The van der Waals surface area contributed by atoms with Crippen LogP contribution >= 0.6 is 11.3 Å². The number of rotatable bonds is 4. The number of nitrogens with zero attached hydrogens (tertiary/aromatic N) is 3. The van der Waals surface area contributed by atoms with Gasteiger partial charge in [-0.2, -0.15) is 0 Å². The Morgan fingerprint density at radius 3 is 2.75 bits per heavy atom. The van der Waals surface area contributed by atoms with Crippen molar-refractivity contribution < 1.29 is 14.3 Å². The van der Waals surface area contributed by atoms with Crippen LogP contribution in [0.1, 0.15) is 23.4 Å². The second-order valence-corrected chi connectivity index (χ2v) is 7.77. The molecule has 1 atom stereocenters. The molecule has 144 valence electrons. The molecule has 1 amide bonds. The first-order chi connectivity index (χ1) is 13.4. The normalized spacial score (nSPS) is 16.7. The minimum absolute atomic E-state index is 0.0866. The second-order valence-electron chi connectivity index (χ2n) is 6.93. The number of carbonyl (C=O) groups excluding carboxylic acids is 2. The van der Waals surface area contributed by atoms with Crippen LogP contribution in [0.5, 0.6) is 0 Å². The molecule has 0 aliphatic carbocycles. The van der Waals surface area contributed by atoms with E-state index in [1.54, 1.807) is 4.90 Å². The molecule has 0 spiro atoms. The van der Waals surface area contributed by atoms with Crippen molar-refractivity contribution in [2.24, 2.45) is 5.92 Å². The number of ether oxygens (including phenoxy) is 1. The molecule has 0 radical (unpaired) electrons. The smallest absolute Gasteiger partial charge is 0.311 e. The summed E-state index contributed by atoms with van der Waals surface area (Å²) in [7, 11) is 0. The lowest BCUT2D eigenvalue weighted by atomic mass is 10.1. The maximum atomic E-state index is 12.4. The monoisotopic (exact) mass is 397 g/mol. The van der Waals surface area contributed by atoms with E-state index in [1.165, 1.54) is 21.8 Å². The highest BCUT2D eigenvalue weighted by atomic mass is 32.1. The number of hydrogen-bond donors (Lipinski definition) is 0. The second kappa shape index (κ2) is 7.20. The molecule has 0 unspecified atom stereocenters. The van der Waals surface area contributed by atoms with Crippen LogP contribution in [0.2, 0.25) is 0 Å². The van der Waals surface area contributed by atoms with Crippen molar-refractivity contribution in [3.05, 3.63) is 63.0 Å². The quantitative estimate of drug-likeness (QED) is 0.632. The molecule has 8 heteroatoms. The molecule has 3 heterocycles. The lowest BCUT2D eigenvalue weighted by Crippen LogP contribution is -2.26. The Hall–Kier alpha value is -3.00. The summed E-state index contributed by atoms with van der Waals surface area (Å²) in [6.07, 6.45) is 0.117.